The number of nitrogens with two attached hydrogens (primary N) is 1. The van der Waals surface area contributed by atoms with Crippen LogP contribution in [-0.4, -0.2) is 14.6 Å². The molecule has 0 aliphatic heterocycles. The van der Waals surface area contributed by atoms with Crippen LogP contribution in [0.5, 0.6) is 0 Å². The first kappa shape index (κ1) is 13.0. The molecule has 1 atom stereocenters. The standard InChI is InChI=1S/C12H12N4S.ClH/c1-8(13)11-15-16-7-10(14-12(16)17-11)9-5-3-2-4-6-9;/h2-8H,13H2,1H3;1H. The van der Waals surface area contributed by atoms with Crippen LogP contribution in [0.2, 0.25) is 0 Å². The zero-order chi connectivity index (χ0) is 11.8. The molecule has 0 saturated carbocycles. The molecule has 4 nitrogen and oxygen atoms in total. The average molecular weight is 281 g/mol. The van der Waals surface area contributed by atoms with Crippen LogP contribution in [0.15, 0.2) is 36.5 Å². The third-order valence-corrected chi connectivity index (χ3v) is 3.64. The Labute approximate surface area is 115 Å². The van der Waals surface area contributed by atoms with E-state index in [-0.39, 0.29) is 18.4 Å². The third kappa shape index (κ3) is 2.25. The molecule has 0 aliphatic rings. The first-order chi connectivity index (χ1) is 8.24. The fourth-order valence-electron chi connectivity index (χ4n) is 1.65. The SMILES string of the molecule is CC(N)c1nn2cc(-c3ccccc3)nc2s1.Cl. The largest absolute Gasteiger partial charge is 0.322 e. The summed E-state index contributed by atoms with van der Waals surface area (Å²) >= 11 is 1.54. The number of benzene rings is 1. The predicted molar refractivity (Wildman–Crippen MR) is 76.2 cm³/mol. The Morgan fingerprint density at radius 1 is 1.28 bits per heavy atom. The molecule has 2 aromatic heterocycles. The van der Waals surface area contributed by atoms with E-state index in [4.69, 9.17) is 5.73 Å². The van der Waals surface area contributed by atoms with Crippen molar-refractivity contribution in [2.45, 2.75) is 13.0 Å². The molecule has 0 bridgehead atoms. The minimum atomic E-state index is -0.0399. The number of imidazole rings is 1. The van der Waals surface area contributed by atoms with Crippen LogP contribution in [-0.2, 0) is 0 Å². The van der Waals surface area contributed by atoms with Gasteiger partial charge in [-0.1, -0.05) is 41.7 Å². The highest BCUT2D eigenvalue weighted by Crippen LogP contribution is 2.23. The summed E-state index contributed by atoms with van der Waals surface area (Å²) < 4.78 is 1.80. The first-order valence-corrected chi connectivity index (χ1v) is 6.23. The summed E-state index contributed by atoms with van der Waals surface area (Å²) in [5, 5.41) is 5.32. The first-order valence-electron chi connectivity index (χ1n) is 5.41. The molecular weight excluding hydrogens is 268 g/mol. The lowest BCUT2D eigenvalue weighted by Crippen LogP contribution is -2.04. The number of hydrogen-bond donors (Lipinski definition) is 1. The Kier molecular flexibility index (Phi) is 3.65. The molecule has 1 unspecified atom stereocenters. The number of rotatable bonds is 2. The van der Waals surface area contributed by atoms with Gasteiger partial charge in [-0.15, -0.1) is 12.4 Å². The van der Waals surface area contributed by atoms with Gasteiger partial charge in [0.1, 0.15) is 5.01 Å². The molecule has 1 aromatic carbocycles. The summed E-state index contributed by atoms with van der Waals surface area (Å²) in [6, 6.07) is 10.0. The molecule has 6 heteroatoms. The molecule has 0 aliphatic carbocycles. The van der Waals surface area contributed by atoms with Gasteiger partial charge in [0.2, 0.25) is 4.96 Å². The van der Waals surface area contributed by atoms with Crippen LogP contribution in [0, 0.1) is 0 Å². The van der Waals surface area contributed by atoms with Gasteiger partial charge in [0.25, 0.3) is 0 Å². The van der Waals surface area contributed by atoms with E-state index < -0.39 is 0 Å². The van der Waals surface area contributed by atoms with Crippen LogP contribution in [0.4, 0.5) is 0 Å². The highest BCUT2D eigenvalue weighted by atomic mass is 35.5. The second-order valence-electron chi connectivity index (χ2n) is 3.95. The Hall–Kier alpha value is -1.43. The molecule has 0 spiro atoms. The molecule has 18 heavy (non-hydrogen) atoms. The topological polar surface area (TPSA) is 56.2 Å². The second-order valence-corrected chi connectivity index (χ2v) is 4.94. The Morgan fingerprint density at radius 2 is 2.00 bits per heavy atom. The van der Waals surface area contributed by atoms with Gasteiger partial charge in [0.15, 0.2) is 0 Å². The lowest BCUT2D eigenvalue weighted by atomic mass is 10.2. The molecule has 0 fully saturated rings. The lowest BCUT2D eigenvalue weighted by Gasteiger charge is -1.96. The summed E-state index contributed by atoms with van der Waals surface area (Å²) in [5.41, 5.74) is 7.84. The molecule has 0 radical (unpaired) electrons. The van der Waals surface area contributed by atoms with Crippen LogP contribution in [0.1, 0.15) is 18.0 Å². The summed E-state index contributed by atoms with van der Waals surface area (Å²) in [6.45, 7) is 1.93. The van der Waals surface area contributed by atoms with Gasteiger partial charge < -0.3 is 5.73 Å². The molecule has 2 N–H and O–H groups in total. The van der Waals surface area contributed by atoms with Crippen LogP contribution in [0.3, 0.4) is 0 Å². The number of aromatic nitrogens is 3. The molecule has 3 aromatic rings. The van der Waals surface area contributed by atoms with E-state index in [1.54, 1.807) is 4.52 Å². The summed E-state index contributed by atoms with van der Waals surface area (Å²) in [4.78, 5) is 5.43. The Balaban J connectivity index is 0.00000120. The van der Waals surface area contributed by atoms with E-state index in [2.05, 4.69) is 10.1 Å². The molecule has 2 heterocycles. The van der Waals surface area contributed by atoms with Crippen molar-refractivity contribution in [2.75, 3.05) is 0 Å². The monoisotopic (exact) mass is 280 g/mol. The molecular formula is C12H13ClN4S. The summed E-state index contributed by atoms with van der Waals surface area (Å²) in [6.07, 6.45) is 1.94. The van der Waals surface area contributed by atoms with Crippen molar-refractivity contribution in [2.24, 2.45) is 5.73 Å². The Bertz CT molecular complexity index is 613. The van der Waals surface area contributed by atoms with Gasteiger partial charge >= 0.3 is 0 Å². The fraction of sp³-hybridized carbons (Fsp3) is 0.167. The quantitative estimate of drug-likeness (QED) is 0.785. The summed E-state index contributed by atoms with van der Waals surface area (Å²) in [7, 11) is 0. The van der Waals surface area contributed by atoms with Gasteiger partial charge in [0, 0.05) is 5.56 Å². The number of hydrogen-bond acceptors (Lipinski definition) is 4. The van der Waals surface area contributed by atoms with Crippen LogP contribution in [0.25, 0.3) is 16.2 Å². The average Bonchev–Trinajstić information content (AvgIpc) is 2.87. The van der Waals surface area contributed by atoms with E-state index in [0.29, 0.717) is 0 Å². The van der Waals surface area contributed by atoms with Crippen molar-refractivity contribution in [3.63, 3.8) is 0 Å². The normalized spacial score (nSPS) is 12.3. The fourth-order valence-corrected chi connectivity index (χ4v) is 2.48. The van der Waals surface area contributed by atoms with Crippen LogP contribution < -0.4 is 5.73 Å². The maximum atomic E-state index is 5.79. The van der Waals surface area contributed by atoms with Crippen molar-refractivity contribution in [3.05, 3.63) is 41.5 Å². The van der Waals surface area contributed by atoms with Crippen molar-refractivity contribution in [1.82, 2.24) is 14.6 Å². The highest BCUT2D eigenvalue weighted by Gasteiger charge is 2.11. The number of nitrogens with zero attached hydrogens (tertiary/aromatic N) is 3. The van der Waals surface area contributed by atoms with Gasteiger partial charge in [-0.3, -0.25) is 0 Å². The molecule has 94 valence electrons. The van der Waals surface area contributed by atoms with Gasteiger partial charge in [0.05, 0.1) is 17.9 Å². The minimum Gasteiger partial charge on any atom is -0.322 e. The van der Waals surface area contributed by atoms with E-state index in [0.717, 1.165) is 21.2 Å². The van der Waals surface area contributed by atoms with Crippen molar-refractivity contribution >= 4 is 28.7 Å². The zero-order valence-electron chi connectivity index (χ0n) is 9.78. The van der Waals surface area contributed by atoms with Gasteiger partial charge in [-0.2, -0.15) is 5.10 Å². The minimum absolute atomic E-state index is 0. The number of fused-ring (bicyclic) bond motifs is 1. The molecule has 0 amide bonds. The van der Waals surface area contributed by atoms with Gasteiger partial charge in [-0.05, 0) is 6.92 Å². The summed E-state index contributed by atoms with van der Waals surface area (Å²) in [5.74, 6) is 0. The Morgan fingerprint density at radius 3 is 2.61 bits per heavy atom. The molecule has 3 rings (SSSR count). The van der Waals surface area contributed by atoms with Crippen molar-refractivity contribution < 1.29 is 0 Å². The smallest absolute Gasteiger partial charge is 0.212 e. The third-order valence-electron chi connectivity index (χ3n) is 2.52. The van der Waals surface area contributed by atoms with E-state index in [9.17, 15) is 0 Å². The van der Waals surface area contributed by atoms with E-state index in [1.165, 1.54) is 11.3 Å². The zero-order valence-corrected chi connectivity index (χ0v) is 11.4. The van der Waals surface area contributed by atoms with E-state index >= 15 is 0 Å². The lowest BCUT2D eigenvalue weighted by molar-refractivity contribution is 0.769. The van der Waals surface area contributed by atoms with Crippen LogP contribution >= 0.6 is 23.7 Å². The van der Waals surface area contributed by atoms with E-state index in [1.807, 2.05) is 43.5 Å². The highest BCUT2D eigenvalue weighted by molar-refractivity contribution is 7.16. The van der Waals surface area contributed by atoms with Gasteiger partial charge in [-0.25, -0.2) is 9.50 Å². The van der Waals surface area contributed by atoms with Crippen molar-refractivity contribution in [3.8, 4) is 11.3 Å². The maximum absolute atomic E-state index is 5.79. The number of halogens is 1. The second kappa shape index (κ2) is 5.06. The predicted octanol–water partition coefficient (Wildman–Crippen LogP) is 2.90. The maximum Gasteiger partial charge on any atom is 0.212 e. The van der Waals surface area contributed by atoms with Crippen molar-refractivity contribution in [1.29, 1.82) is 0 Å². The molecule has 0 saturated heterocycles.